The monoisotopic (exact) mass is 386 g/mol. The summed E-state index contributed by atoms with van der Waals surface area (Å²) in [7, 11) is 1.50. The van der Waals surface area contributed by atoms with E-state index in [0.29, 0.717) is 16.9 Å². The summed E-state index contributed by atoms with van der Waals surface area (Å²) in [6.07, 6.45) is 2.36. The maximum Gasteiger partial charge on any atom is 0.339 e. The molecule has 2 aromatic rings. The highest BCUT2D eigenvalue weighted by Crippen LogP contribution is 2.27. The molecule has 1 fully saturated rings. The molecule has 1 saturated heterocycles. The Kier molecular flexibility index (Phi) is 6.90. The van der Waals surface area contributed by atoms with Crippen LogP contribution in [0.2, 0.25) is 0 Å². The van der Waals surface area contributed by atoms with E-state index in [9.17, 15) is 9.59 Å². The Morgan fingerprint density at radius 3 is 2.59 bits per heavy atom. The Hall–Kier alpha value is -2.31. The van der Waals surface area contributed by atoms with Gasteiger partial charge in [0.05, 0.1) is 24.3 Å². The Labute approximate surface area is 163 Å². The number of ether oxygens (including phenoxy) is 3. The van der Waals surface area contributed by atoms with E-state index in [1.165, 1.54) is 7.11 Å². The van der Waals surface area contributed by atoms with Crippen molar-refractivity contribution in [2.75, 3.05) is 26.1 Å². The topological polar surface area (TPSA) is 61.8 Å². The van der Waals surface area contributed by atoms with Crippen molar-refractivity contribution in [3.8, 4) is 5.75 Å². The van der Waals surface area contributed by atoms with Crippen LogP contribution < -0.4 is 4.74 Å². The van der Waals surface area contributed by atoms with Crippen LogP contribution in [0, 0.1) is 0 Å². The van der Waals surface area contributed by atoms with Crippen molar-refractivity contribution in [1.82, 2.24) is 0 Å². The molecule has 0 spiro atoms. The summed E-state index contributed by atoms with van der Waals surface area (Å²) >= 11 is 1.58. The molecule has 1 aliphatic heterocycles. The number of esters is 1. The van der Waals surface area contributed by atoms with Crippen LogP contribution in [0.25, 0.3) is 0 Å². The van der Waals surface area contributed by atoms with Crippen molar-refractivity contribution < 1.29 is 23.8 Å². The molecule has 3 rings (SSSR count). The molecule has 1 aliphatic rings. The summed E-state index contributed by atoms with van der Waals surface area (Å²) in [6.45, 7) is 0.476. The second kappa shape index (κ2) is 9.58. The Morgan fingerprint density at radius 2 is 1.85 bits per heavy atom. The molecular formula is C21H22O5S. The molecule has 142 valence electrons. The van der Waals surface area contributed by atoms with Gasteiger partial charge in [-0.05, 0) is 37.1 Å². The van der Waals surface area contributed by atoms with Crippen LogP contribution in [-0.2, 0) is 9.47 Å². The van der Waals surface area contributed by atoms with Crippen LogP contribution in [0.4, 0.5) is 0 Å². The van der Waals surface area contributed by atoms with E-state index < -0.39 is 5.97 Å². The number of para-hydroxylation sites is 1. The third-order valence-corrected chi connectivity index (χ3v) is 5.50. The van der Waals surface area contributed by atoms with Gasteiger partial charge in [-0.3, -0.25) is 4.79 Å². The first-order valence-electron chi connectivity index (χ1n) is 8.86. The van der Waals surface area contributed by atoms with E-state index >= 15 is 0 Å². The lowest BCUT2D eigenvalue weighted by Crippen LogP contribution is -2.16. The van der Waals surface area contributed by atoms with Crippen LogP contribution in [0.3, 0.4) is 0 Å². The van der Waals surface area contributed by atoms with Crippen molar-refractivity contribution in [2.45, 2.75) is 23.8 Å². The molecule has 27 heavy (non-hydrogen) atoms. The fraction of sp³-hybridized carbons (Fsp3) is 0.333. The molecular weight excluding hydrogens is 364 g/mol. The van der Waals surface area contributed by atoms with Crippen LogP contribution >= 0.6 is 11.8 Å². The zero-order chi connectivity index (χ0) is 19.1. The summed E-state index contributed by atoms with van der Waals surface area (Å²) in [5, 5.41) is 0. The minimum atomic E-state index is -0.506. The fourth-order valence-electron chi connectivity index (χ4n) is 2.88. The molecule has 6 heteroatoms. The first-order chi connectivity index (χ1) is 13.2. The van der Waals surface area contributed by atoms with Gasteiger partial charge in [0.1, 0.15) is 5.75 Å². The first kappa shape index (κ1) is 19.5. The highest BCUT2D eigenvalue weighted by molar-refractivity contribution is 7.99. The number of carbonyl (C=O) groups excluding carboxylic acids is 2. The van der Waals surface area contributed by atoms with E-state index in [0.717, 1.165) is 30.1 Å². The molecule has 0 saturated carbocycles. The molecule has 1 heterocycles. The SMILES string of the molecule is COc1ccccc1C(=O)COC(=O)c1ccccc1SC[C@@H]1CCCO1. The zero-order valence-electron chi connectivity index (χ0n) is 15.2. The van der Waals surface area contributed by atoms with Crippen LogP contribution in [0.15, 0.2) is 53.4 Å². The average Bonchev–Trinajstić information content (AvgIpc) is 3.24. The summed E-state index contributed by atoms with van der Waals surface area (Å²) in [6, 6.07) is 14.2. The number of benzene rings is 2. The number of Topliss-reactive ketones (excluding diaryl/α,β-unsaturated/α-hetero) is 1. The van der Waals surface area contributed by atoms with E-state index in [4.69, 9.17) is 14.2 Å². The van der Waals surface area contributed by atoms with E-state index in [1.54, 1.807) is 48.2 Å². The third kappa shape index (κ3) is 5.11. The maximum absolute atomic E-state index is 12.5. The van der Waals surface area contributed by atoms with Crippen molar-refractivity contribution >= 4 is 23.5 Å². The van der Waals surface area contributed by atoms with Crippen molar-refractivity contribution in [3.05, 3.63) is 59.7 Å². The lowest BCUT2D eigenvalue weighted by atomic mass is 10.1. The van der Waals surface area contributed by atoms with Gasteiger partial charge in [-0.15, -0.1) is 11.8 Å². The average molecular weight is 386 g/mol. The number of ketones is 1. The van der Waals surface area contributed by atoms with Gasteiger partial charge in [-0.2, -0.15) is 0 Å². The molecule has 5 nitrogen and oxygen atoms in total. The van der Waals surface area contributed by atoms with Gasteiger partial charge in [-0.1, -0.05) is 24.3 Å². The summed E-state index contributed by atoms with van der Waals surface area (Å²) in [5.74, 6) is 0.454. The standard InChI is InChI=1S/C21H22O5S/c1-24-19-10-4-2-8-16(19)18(22)13-26-21(23)17-9-3-5-11-20(17)27-14-15-7-6-12-25-15/h2-5,8-11,15H,6-7,12-14H2,1H3/t15-/m0/s1. The highest BCUT2D eigenvalue weighted by Gasteiger charge is 2.20. The van der Waals surface area contributed by atoms with Crippen LogP contribution in [-0.4, -0.2) is 43.9 Å². The van der Waals surface area contributed by atoms with Gasteiger partial charge in [0.2, 0.25) is 5.78 Å². The number of hydrogen-bond acceptors (Lipinski definition) is 6. The Bertz CT molecular complexity index is 799. The normalized spacial score (nSPS) is 16.1. The second-order valence-corrected chi connectivity index (χ2v) is 7.20. The number of rotatable bonds is 8. The Balaban J connectivity index is 1.61. The maximum atomic E-state index is 12.5. The van der Waals surface area contributed by atoms with Crippen molar-refractivity contribution in [3.63, 3.8) is 0 Å². The second-order valence-electron chi connectivity index (χ2n) is 6.14. The largest absolute Gasteiger partial charge is 0.496 e. The van der Waals surface area contributed by atoms with Gasteiger partial charge < -0.3 is 14.2 Å². The predicted octanol–water partition coefficient (Wildman–Crippen LogP) is 4.01. The molecule has 0 amide bonds. The lowest BCUT2D eigenvalue weighted by Gasteiger charge is -2.12. The molecule has 1 atom stereocenters. The summed E-state index contributed by atoms with van der Waals surface area (Å²) < 4.78 is 16.1. The molecule has 0 bridgehead atoms. The van der Waals surface area contributed by atoms with Gasteiger partial charge >= 0.3 is 5.97 Å². The van der Waals surface area contributed by atoms with E-state index in [2.05, 4.69) is 0 Å². The summed E-state index contributed by atoms with van der Waals surface area (Å²) in [4.78, 5) is 25.7. The number of hydrogen-bond donors (Lipinski definition) is 0. The zero-order valence-corrected chi connectivity index (χ0v) is 16.0. The van der Waals surface area contributed by atoms with Crippen LogP contribution in [0.5, 0.6) is 5.75 Å². The number of methoxy groups -OCH3 is 1. The van der Waals surface area contributed by atoms with E-state index in [1.807, 2.05) is 12.1 Å². The molecule has 0 aromatic heterocycles. The third-order valence-electron chi connectivity index (χ3n) is 4.30. The fourth-order valence-corrected chi connectivity index (χ4v) is 3.99. The minimum absolute atomic E-state index is 0.228. The Morgan fingerprint density at radius 1 is 1.11 bits per heavy atom. The van der Waals surface area contributed by atoms with Gasteiger partial charge in [0.15, 0.2) is 6.61 Å². The summed E-state index contributed by atoms with van der Waals surface area (Å²) in [5.41, 5.74) is 0.863. The molecule has 0 unspecified atom stereocenters. The molecule has 0 radical (unpaired) electrons. The molecule has 2 aromatic carbocycles. The lowest BCUT2D eigenvalue weighted by molar-refractivity contribution is 0.0470. The quantitative estimate of drug-likeness (QED) is 0.388. The van der Waals surface area contributed by atoms with Crippen molar-refractivity contribution in [2.24, 2.45) is 0 Å². The van der Waals surface area contributed by atoms with Crippen LogP contribution in [0.1, 0.15) is 33.6 Å². The van der Waals surface area contributed by atoms with Crippen molar-refractivity contribution in [1.29, 1.82) is 0 Å². The number of thioether (sulfide) groups is 1. The minimum Gasteiger partial charge on any atom is -0.496 e. The van der Waals surface area contributed by atoms with Gasteiger partial charge in [0.25, 0.3) is 0 Å². The predicted molar refractivity (Wildman–Crippen MR) is 104 cm³/mol. The first-order valence-corrected chi connectivity index (χ1v) is 9.84. The smallest absolute Gasteiger partial charge is 0.339 e. The van der Waals surface area contributed by atoms with Gasteiger partial charge in [0, 0.05) is 17.3 Å². The highest BCUT2D eigenvalue weighted by atomic mass is 32.2. The van der Waals surface area contributed by atoms with Gasteiger partial charge in [-0.25, -0.2) is 4.79 Å². The molecule has 0 N–H and O–H groups in total. The molecule has 0 aliphatic carbocycles. The van der Waals surface area contributed by atoms with E-state index in [-0.39, 0.29) is 18.5 Å². The number of carbonyl (C=O) groups is 2.